The van der Waals surface area contributed by atoms with Crippen LogP contribution in [0.3, 0.4) is 0 Å². The Morgan fingerprint density at radius 1 is 1.27 bits per heavy atom. The fraction of sp³-hybridized carbons (Fsp3) is 0.353. The van der Waals surface area contributed by atoms with Crippen molar-refractivity contribution in [3.63, 3.8) is 0 Å². The Labute approximate surface area is 148 Å². The van der Waals surface area contributed by atoms with Crippen molar-refractivity contribution in [2.24, 2.45) is 0 Å². The summed E-state index contributed by atoms with van der Waals surface area (Å²) >= 11 is 0. The second kappa shape index (κ2) is 5.65. The predicted octanol–water partition coefficient (Wildman–Crippen LogP) is 2.28. The summed E-state index contributed by atoms with van der Waals surface area (Å²) in [6.45, 7) is 5.57. The van der Waals surface area contributed by atoms with Gasteiger partial charge >= 0.3 is 6.09 Å². The fourth-order valence-corrected chi connectivity index (χ4v) is 2.94. The van der Waals surface area contributed by atoms with Crippen molar-refractivity contribution in [3.8, 4) is 11.4 Å². The Morgan fingerprint density at radius 2 is 2.08 bits per heavy atom. The first-order valence-electron chi connectivity index (χ1n) is 8.24. The molecule has 2 amide bonds. The maximum atomic E-state index is 12.8. The van der Waals surface area contributed by atoms with Crippen LogP contribution in [0.1, 0.15) is 36.8 Å². The molecule has 0 aliphatic carbocycles. The van der Waals surface area contributed by atoms with Crippen molar-refractivity contribution in [3.05, 3.63) is 30.0 Å². The first-order chi connectivity index (χ1) is 12.3. The van der Waals surface area contributed by atoms with E-state index in [1.807, 2.05) is 0 Å². The monoisotopic (exact) mass is 354 g/mol. The van der Waals surface area contributed by atoms with Gasteiger partial charge < -0.3 is 14.7 Å². The standard InChI is InChI=1S/C17H18N6O3/c1-17(2,3)26-16(25)23-5-4-10-9(15(23)24)6-11(22-10)12-13-14(20-7-18-12)21-8-19-13/h6-8,22H,4-5H2,1-3H3,(H,18,19,20,21). The van der Waals surface area contributed by atoms with E-state index >= 15 is 0 Å². The van der Waals surface area contributed by atoms with Crippen LogP contribution in [0.15, 0.2) is 18.7 Å². The molecule has 3 aromatic rings. The molecule has 1 aliphatic rings. The Kier molecular flexibility index (Phi) is 3.53. The van der Waals surface area contributed by atoms with Gasteiger partial charge in [0.1, 0.15) is 23.1 Å². The van der Waals surface area contributed by atoms with Gasteiger partial charge in [-0.05, 0) is 26.8 Å². The zero-order valence-corrected chi connectivity index (χ0v) is 14.7. The second-order valence-electron chi connectivity index (χ2n) is 7.09. The lowest BCUT2D eigenvalue weighted by Crippen LogP contribution is -2.44. The summed E-state index contributed by atoms with van der Waals surface area (Å²) in [6, 6.07) is 1.71. The quantitative estimate of drug-likeness (QED) is 0.692. The van der Waals surface area contributed by atoms with Gasteiger partial charge in [-0.2, -0.15) is 0 Å². The van der Waals surface area contributed by atoms with Gasteiger partial charge in [0.2, 0.25) is 0 Å². The number of imidazole rings is 1. The van der Waals surface area contributed by atoms with E-state index in [1.54, 1.807) is 33.2 Å². The highest BCUT2D eigenvalue weighted by atomic mass is 16.6. The molecule has 0 saturated heterocycles. The number of aromatic nitrogens is 5. The van der Waals surface area contributed by atoms with Crippen molar-refractivity contribution >= 4 is 23.2 Å². The second-order valence-corrected chi connectivity index (χ2v) is 7.09. The van der Waals surface area contributed by atoms with E-state index in [0.717, 1.165) is 10.6 Å². The molecule has 1 aliphatic heterocycles. The summed E-state index contributed by atoms with van der Waals surface area (Å²) in [7, 11) is 0. The molecule has 4 rings (SSSR count). The van der Waals surface area contributed by atoms with Gasteiger partial charge in [-0.1, -0.05) is 0 Å². The first-order valence-corrected chi connectivity index (χ1v) is 8.24. The minimum Gasteiger partial charge on any atom is -0.443 e. The minimum absolute atomic E-state index is 0.268. The third-order valence-electron chi connectivity index (χ3n) is 4.05. The Bertz CT molecular complexity index is 1010. The number of H-pyrrole nitrogens is 2. The maximum Gasteiger partial charge on any atom is 0.417 e. The number of amides is 2. The van der Waals surface area contributed by atoms with Crippen LogP contribution in [0.5, 0.6) is 0 Å². The van der Waals surface area contributed by atoms with Crippen LogP contribution in [0.25, 0.3) is 22.6 Å². The minimum atomic E-state index is -0.659. The number of nitrogens with one attached hydrogen (secondary N) is 2. The van der Waals surface area contributed by atoms with Gasteiger partial charge in [-0.3, -0.25) is 4.79 Å². The van der Waals surface area contributed by atoms with Gasteiger partial charge in [0.25, 0.3) is 5.91 Å². The lowest BCUT2D eigenvalue weighted by molar-refractivity contribution is 0.0233. The van der Waals surface area contributed by atoms with E-state index < -0.39 is 11.7 Å². The van der Waals surface area contributed by atoms with Crippen LogP contribution in [-0.2, 0) is 11.2 Å². The molecule has 134 valence electrons. The molecule has 9 nitrogen and oxygen atoms in total. The van der Waals surface area contributed by atoms with E-state index in [9.17, 15) is 9.59 Å². The van der Waals surface area contributed by atoms with E-state index in [0.29, 0.717) is 34.5 Å². The molecule has 26 heavy (non-hydrogen) atoms. The largest absolute Gasteiger partial charge is 0.443 e. The Hall–Kier alpha value is -3.23. The molecule has 0 radical (unpaired) electrons. The maximum absolute atomic E-state index is 12.8. The van der Waals surface area contributed by atoms with Crippen LogP contribution >= 0.6 is 0 Å². The van der Waals surface area contributed by atoms with Gasteiger partial charge in [0.15, 0.2) is 5.65 Å². The van der Waals surface area contributed by atoms with Crippen LogP contribution in [0.2, 0.25) is 0 Å². The number of imide groups is 1. The zero-order chi connectivity index (χ0) is 18.5. The number of rotatable bonds is 1. The number of carbonyl (C=O) groups excluding carboxylic acids is 2. The van der Waals surface area contributed by atoms with E-state index in [2.05, 4.69) is 24.9 Å². The van der Waals surface area contributed by atoms with Crippen molar-refractivity contribution in [2.75, 3.05) is 6.54 Å². The lowest BCUT2D eigenvalue weighted by Gasteiger charge is -2.28. The summed E-state index contributed by atoms with van der Waals surface area (Å²) in [5, 5.41) is 0. The fourth-order valence-electron chi connectivity index (χ4n) is 2.94. The number of aromatic amines is 2. The summed E-state index contributed by atoms with van der Waals surface area (Å²) in [6.07, 6.45) is 2.86. The number of hydrogen-bond acceptors (Lipinski definition) is 6. The molecule has 0 unspecified atom stereocenters. The Morgan fingerprint density at radius 3 is 2.85 bits per heavy atom. The van der Waals surface area contributed by atoms with Crippen molar-refractivity contribution in [1.29, 1.82) is 0 Å². The topological polar surface area (TPSA) is 117 Å². The molecule has 9 heteroatoms. The average Bonchev–Trinajstić information content (AvgIpc) is 3.20. The first kappa shape index (κ1) is 16.2. The van der Waals surface area contributed by atoms with Crippen molar-refractivity contribution < 1.29 is 14.3 Å². The van der Waals surface area contributed by atoms with Crippen molar-refractivity contribution in [2.45, 2.75) is 32.8 Å². The number of fused-ring (bicyclic) bond motifs is 2. The molecule has 0 bridgehead atoms. The van der Waals surface area contributed by atoms with Crippen LogP contribution in [-0.4, -0.2) is 54.0 Å². The summed E-state index contributed by atoms with van der Waals surface area (Å²) < 4.78 is 5.32. The highest BCUT2D eigenvalue weighted by Crippen LogP contribution is 2.28. The Balaban J connectivity index is 1.68. The van der Waals surface area contributed by atoms with Gasteiger partial charge in [-0.25, -0.2) is 24.6 Å². The van der Waals surface area contributed by atoms with Gasteiger partial charge in [0, 0.05) is 18.7 Å². The number of carbonyl (C=O) groups is 2. The molecule has 0 atom stereocenters. The number of ether oxygens (including phenoxy) is 1. The highest BCUT2D eigenvalue weighted by molar-refractivity contribution is 6.05. The summed E-state index contributed by atoms with van der Waals surface area (Å²) in [4.78, 5) is 44.9. The SMILES string of the molecule is CC(C)(C)OC(=O)N1CCc2[nH]c(-c3ncnc4nc[nH]c34)cc2C1=O. The molecular weight excluding hydrogens is 336 g/mol. The van der Waals surface area contributed by atoms with Crippen LogP contribution in [0.4, 0.5) is 4.79 Å². The highest BCUT2D eigenvalue weighted by Gasteiger charge is 2.34. The normalized spacial score (nSPS) is 14.6. The molecule has 0 fully saturated rings. The number of nitrogens with zero attached hydrogens (tertiary/aromatic N) is 4. The molecule has 4 heterocycles. The van der Waals surface area contributed by atoms with E-state index in [4.69, 9.17) is 4.74 Å². The average molecular weight is 354 g/mol. The van der Waals surface area contributed by atoms with E-state index in [-0.39, 0.29) is 12.5 Å². The summed E-state index contributed by atoms with van der Waals surface area (Å²) in [5.74, 6) is -0.377. The van der Waals surface area contributed by atoms with Crippen LogP contribution in [0, 0.1) is 0 Å². The van der Waals surface area contributed by atoms with Crippen molar-refractivity contribution in [1.82, 2.24) is 29.8 Å². The smallest absolute Gasteiger partial charge is 0.417 e. The zero-order valence-electron chi connectivity index (χ0n) is 14.7. The molecule has 0 aromatic carbocycles. The lowest BCUT2D eigenvalue weighted by atomic mass is 10.1. The third kappa shape index (κ3) is 2.71. The van der Waals surface area contributed by atoms with Crippen LogP contribution < -0.4 is 0 Å². The molecular formula is C17H18N6O3. The molecule has 3 aromatic heterocycles. The molecule has 0 spiro atoms. The molecule has 0 saturated carbocycles. The van der Waals surface area contributed by atoms with Gasteiger partial charge in [0.05, 0.1) is 17.6 Å². The van der Waals surface area contributed by atoms with Gasteiger partial charge in [-0.15, -0.1) is 0 Å². The number of hydrogen-bond donors (Lipinski definition) is 2. The third-order valence-corrected chi connectivity index (χ3v) is 4.05. The van der Waals surface area contributed by atoms with E-state index in [1.165, 1.54) is 6.33 Å². The molecule has 2 N–H and O–H groups in total. The predicted molar refractivity (Wildman–Crippen MR) is 92.4 cm³/mol. The summed E-state index contributed by atoms with van der Waals surface area (Å²) in [5.41, 5.74) is 3.09.